The monoisotopic (exact) mass is 268 g/mol. The molecule has 0 bridgehead atoms. The van der Waals surface area contributed by atoms with Gasteiger partial charge < -0.3 is 5.32 Å². The normalized spacial score (nSPS) is 35.6. The first-order chi connectivity index (χ1) is 9.08. The predicted molar refractivity (Wildman–Crippen MR) is 72.3 cm³/mol. The lowest BCUT2D eigenvalue weighted by Gasteiger charge is -2.39. The summed E-state index contributed by atoms with van der Waals surface area (Å²) in [5.41, 5.74) is 0. The molecule has 0 saturated heterocycles. The minimum absolute atomic E-state index is 0.0517. The van der Waals surface area contributed by atoms with E-state index in [1.807, 2.05) is 0 Å². The van der Waals surface area contributed by atoms with Gasteiger partial charge in [-0.25, -0.2) is 0 Å². The second-order valence-corrected chi connectivity index (χ2v) is 6.11. The summed E-state index contributed by atoms with van der Waals surface area (Å²) in [6.07, 6.45) is 7.97. The van der Waals surface area contributed by atoms with Crippen LogP contribution in [0, 0.1) is 22.0 Å². The maximum absolute atomic E-state index is 11.3. The van der Waals surface area contributed by atoms with Crippen LogP contribution in [0.3, 0.4) is 0 Å². The van der Waals surface area contributed by atoms with E-state index in [1.165, 1.54) is 19.3 Å². The molecule has 0 radical (unpaired) electrons. The molecule has 0 aromatic rings. The number of carbonyl (C=O) groups excluding carboxylic acids is 1. The molecule has 0 aliphatic heterocycles. The molecule has 2 fully saturated rings. The van der Waals surface area contributed by atoms with Gasteiger partial charge in [0.05, 0.1) is 0 Å². The van der Waals surface area contributed by atoms with Crippen molar-refractivity contribution in [1.82, 2.24) is 5.32 Å². The summed E-state index contributed by atoms with van der Waals surface area (Å²) >= 11 is 0. The van der Waals surface area contributed by atoms with Crippen LogP contribution >= 0.6 is 0 Å². The van der Waals surface area contributed by atoms with E-state index in [0.717, 1.165) is 19.3 Å². The van der Waals surface area contributed by atoms with Gasteiger partial charge in [0.15, 0.2) is 0 Å². The van der Waals surface area contributed by atoms with Crippen LogP contribution in [0.2, 0.25) is 0 Å². The van der Waals surface area contributed by atoms with Crippen LogP contribution in [-0.2, 0) is 4.79 Å². The standard InChI is InChI=1S/C14H24N2O3/c1-10(17)15-14-5-3-2-4-13(14)11-6-8-12(9-7-11)16(18)19/h11-14H,2-9H2,1H3,(H,15,17). The van der Waals surface area contributed by atoms with Crippen LogP contribution < -0.4 is 5.32 Å². The lowest BCUT2D eigenvalue weighted by atomic mass is 9.70. The van der Waals surface area contributed by atoms with E-state index in [2.05, 4.69) is 5.32 Å². The van der Waals surface area contributed by atoms with Gasteiger partial charge in [-0.1, -0.05) is 12.8 Å². The van der Waals surface area contributed by atoms with Crippen LogP contribution in [0.15, 0.2) is 0 Å². The van der Waals surface area contributed by atoms with Gasteiger partial charge in [-0.05, 0) is 37.5 Å². The van der Waals surface area contributed by atoms with Crippen molar-refractivity contribution in [2.75, 3.05) is 0 Å². The van der Waals surface area contributed by atoms with Crippen molar-refractivity contribution in [3.8, 4) is 0 Å². The Morgan fingerprint density at radius 1 is 1.11 bits per heavy atom. The largest absolute Gasteiger partial charge is 0.353 e. The Morgan fingerprint density at radius 2 is 1.74 bits per heavy atom. The first kappa shape index (κ1) is 14.3. The van der Waals surface area contributed by atoms with Gasteiger partial charge in [-0.2, -0.15) is 0 Å². The van der Waals surface area contributed by atoms with Gasteiger partial charge in [-0.3, -0.25) is 14.9 Å². The van der Waals surface area contributed by atoms with E-state index in [-0.39, 0.29) is 16.9 Å². The maximum atomic E-state index is 11.3. The number of nitrogens with zero attached hydrogens (tertiary/aromatic N) is 1. The Morgan fingerprint density at radius 3 is 2.32 bits per heavy atom. The zero-order chi connectivity index (χ0) is 13.8. The Kier molecular flexibility index (Phi) is 4.77. The smallest absolute Gasteiger partial charge is 0.217 e. The zero-order valence-corrected chi connectivity index (χ0v) is 11.6. The average Bonchev–Trinajstić information content (AvgIpc) is 2.39. The van der Waals surface area contributed by atoms with E-state index in [0.29, 0.717) is 30.7 Å². The van der Waals surface area contributed by atoms with Crippen molar-refractivity contribution in [1.29, 1.82) is 0 Å². The molecule has 2 atom stereocenters. The molecule has 0 spiro atoms. The zero-order valence-electron chi connectivity index (χ0n) is 11.6. The van der Waals surface area contributed by atoms with Crippen molar-refractivity contribution in [2.45, 2.75) is 70.4 Å². The number of rotatable bonds is 3. The van der Waals surface area contributed by atoms with E-state index >= 15 is 0 Å². The number of hydrogen-bond acceptors (Lipinski definition) is 3. The number of nitrogens with one attached hydrogen (secondary N) is 1. The van der Waals surface area contributed by atoms with Crippen LogP contribution in [0.1, 0.15) is 58.3 Å². The Bertz CT molecular complexity index is 338. The first-order valence-corrected chi connectivity index (χ1v) is 7.48. The van der Waals surface area contributed by atoms with Gasteiger partial charge in [0, 0.05) is 30.7 Å². The molecule has 1 amide bonds. The molecule has 5 nitrogen and oxygen atoms in total. The summed E-state index contributed by atoms with van der Waals surface area (Å²) < 4.78 is 0. The number of amides is 1. The van der Waals surface area contributed by atoms with E-state index < -0.39 is 0 Å². The first-order valence-electron chi connectivity index (χ1n) is 7.48. The van der Waals surface area contributed by atoms with Crippen LogP contribution in [-0.4, -0.2) is 22.9 Å². The molecule has 2 aliphatic rings. The van der Waals surface area contributed by atoms with Crippen LogP contribution in [0.5, 0.6) is 0 Å². The van der Waals surface area contributed by atoms with E-state index in [9.17, 15) is 14.9 Å². The van der Waals surface area contributed by atoms with Crippen LogP contribution in [0.25, 0.3) is 0 Å². The number of hydrogen-bond donors (Lipinski definition) is 1. The van der Waals surface area contributed by atoms with Crippen molar-refractivity contribution in [3.63, 3.8) is 0 Å². The van der Waals surface area contributed by atoms with Crippen LogP contribution in [0.4, 0.5) is 0 Å². The SMILES string of the molecule is CC(=O)NC1CCCCC1C1CCC([N+](=O)[O-])CC1. The molecule has 0 heterocycles. The molecule has 0 aromatic heterocycles. The fourth-order valence-corrected chi connectivity index (χ4v) is 3.90. The quantitative estimate of drug-likeness (QED) is 0.631. The minimum Gasteiger partial charge on any atom is -0.353 e. The molecule has 1 N–H and O–H groups in total. The van der Waals surface area contributed by atoms with Crippen molar-refractivity contribution < 1.29 is 9.72 Å². The lowest BCUT2D eigenvalue weighted by molar-refractivity contribution is -0.527. The summed E-state index contributed by atoms with van der Waals surface area (Å²) in [5, 5.41) is 13.9. The van der Waals surface area contributed by atoms with E-state index in [1.54, 1.807) is 6.92 Å². The Balaban J connectivity index is 1.92. The van der Waals surface area contributed by atoms with Crippen molar-refractivity contribution in [2.24, 2.45) is 11.8 Å². The Labute approximate surface area is 114 Å². The summed E-state index contributed by atoms with van der Waals surface area (Å²) in [4.78, 5) is 22.0. The average molecular weight is 268 g/mol. The summed E-state index contributed by atoms with van der Waals surface area (Å²) in [6, 6.07) is -0.0394. The highest BCUT2D eigenvalue weighted by Crippen LogP contribution is 2.39. The van der Waals surface area contributed by atoms with E-state index in [4.69, 9.17) is 0 Å². The second-order valence-electron chi connectivity index (χ2n) is 6.11. The number of carbonyl (C=O) groups is 1. The topological polar surface area (TPSA) is 72.2 Å². The molecule has 5 heteroatoms. The highest BCUT2D eigenvalue weighted by molar-refractivity contribution is 5.73. The third kappa shape index (κ3) is 3.67. The third-order valence-corrected chi connectivity index (χ3v) is 4.85. The molecule has 19 heavy (non-hydrogen) atoms. The molecule has 2 saturated carbocycles. The third-order valence-electron chi connectivity index (χ3n) is 4.85. The second kappa shape index (κ2) is 6.35. The molecule has 108 valence electrons. The molecule has 2 aliphatic carbocycles. The Hall–Kier alpha value is -1.13. The molecular formula is C14H24N2O3. The van der Waals surface area contributed by atoms with Crippen molar-refractivity contribution in [3.05, 3.63) is 10.1 Å². The lowest BCUT2D eigenvalue weighted by Crippen LogP contribution is -2.45. The molecule has 0 aromatic carbocycles. The highest BCUT2D eigenvalue weighted by Gasteiger charge is 2.37. The van der Waals surface area contributed by atoms with Gasteiger partial charge in [0.1, 0.15) is 0 Å². The molecule has 2 unspecified atom stereocenters. The highest BCUT2D eigenvalue weighted by atomic mass is 16.6. The van der Waals surface area contributed by atoms with Gasteiger partial charge >= 0.3 is 0 Å². The van der Waals surface area contributed by atoms with Gasteiger partial charge in [-0.15, -0.1) is 0 Å². The van der Waals surface area contributed by atoms with Gasteiger partial charge in [0.2, 0.25) is 11.9 Å². The maximum Gasteiger partial charge on any atom is 0.217 e. The summed E-state index contributed by atoms with van der Waals surface area (Å²) in [6.45, 7) is 1.58. The summed E-state index contributed by atoms with van der Waals surface area (Å²) in [5.74, 6) is 1.15. The fraction of sp³-hybridized carbons (Fsp3) is 0.929. The fourth-order valence-electron chi connectivity index (χ4n) is 3.90. The van der Waals surface area contributed by atoms with Gasteiger partial charge in [0.25, 0.3) is 0 Å². The number of nitro groups is 1. The predicted octanol–water partition coefficient (Wildman–Crippen LogP) is 2.52. The molecular weight excluding hydrogens is 244 g/mol. The minimum atomic E-state index is -0.334. The molecule has 2 rings (SSSR count). The van der Waals surface area contributed by atoms with Crippen molar-refractivity contribution >= 4 is 5.91 Å². The summed E-state index contributed by atoms with van der Waals surface area (Å²) in [7, 11) is 0.